The van der Waals surface area contributed by atoms with Gasteiger partial charge in [-0.3, -0.25) is 0 Å². The third-order valence-corrected chi connectivity index (χ3v) is 2.48. The van der Waals surface area contributed by atoms with Crippen molar-refractivity contribution in [1.29, 1.82) is 0 Å². The van der Waals surface area contributed by atoms with Crippen molar-refractivity contribution in [2.45, 2.75) is 13.5 Å². The number of aromatic hydroxyl groups is 1. The van der Waals surface area contributed by atoms with Crippen LogP contribution in [0.3, 0.4) is 0 Å². The van der Waals surface area contributed by atoms with Gasteiger partial charge in [-0.2, -0.15) is 0 Å². The largest absolute Gasteiger partial charge is 0.508 e. The zero-order valence-corrected chi connectivity index (χ0v) is 9.27. The Morgan fingerprint density at radius 3 is 2.19 bits per heavy atom. The molecule has 82 valence electrons. The highest BCUT2D eigenvalue weighted by Gasteiger charge is 1.94. The van der Waals surface area contributed by atoms with Gasteiger partial charge in [0.15, 0.2) is 0 Å². The van der Waals surface area contributed by atoms with Gasteiger partial charge in [0.25, 0.3) is 0 Å². The van der Waals surface area contributed by atoms with Gasteiger partial charge < -0.3 is 10.4 Å². The Balaban J connectivity index is 1.97. The second-order valence-corrected chi connectivity index (χ2v) is 3.89. The molecule has 0 aliphatic rings. The fourth-order valence-electron chi connectivity index (χ4n) is 1.49. The molecule has 2 aromatic carbocycles. The van der Waals surface area contributed by atoms with Gasteiger partial charge in [0, 0.05) is 12.2 Å². The molecule has 0 heterocycles. The van der Waals surface area contributed by atoms with E-state index in [-0.39, 0.29) is 0 Å². The fraction of sp³-hybridized carbons (Fsp3) is 0.143. The number of hydrogen-bond donors (Lipinski definition) is 2. The smallest absolute Gasteiger partial charge is 0.115 e. The molecule has 16 heavy (non-hydrogen) atoms. The minimum Gasteiger partial charge on any atom is -0.508 e. The maximum absolute atomic E-state index is 9.15. The summed E-state index contributed by atoms with van der Waals surface area (Å²) >= 11 is 0. The number of phenols is 1. The lowest BCUT2D eigenvalue weighted by molar-refractivity contribution is 0.475. The third-order valence-electron chi connectivity index (χ3n) is 2.48. The van der Waals surface area contributed by atoms with Crippen LogP contribution >= 0.6 is 0 Å². The van der Waals surface area contributed by atoms with E-state index < -0.39 is 0 Å². The first-order chi connectivity index (χ1) is 7.74. The average molecular weight is 213 g/mol. The molecule has 0 aromatic heterocycles. The first-order valence-corrected chi connectivity index (χ1v) is 5.32. The molecule has 0 spiro atoms. The monoisotopic (exact) mass is 213 g/mol. The van der Waals surface area contributed by atoms with E-state index in [1.54, 1.807) is 12.1 Å². The van der Waals surface area contributed by atoms with Crippen molar-refractivity contribution in [1.82, 2.24) is 0 Å². The molecule has 0 aliphatic carbocycles. The quantitative estimate of drug-likeness (QED) is 0.819. The van der Waals surface area contributed by atoms with Crippen LogP contribution in [0, 0.1) is 6.92 Å². The molecule has 0 saturated carbocycles. The third kappa shape index (κ3) is 2.76. The van der Waals surface area contributed by atoms with Crippen LogP contribution in [0.25, 0.3) is 0 Å². The van der Waals surface area contributed by atoms with E-state index in [0.717, 1.165) is 17.8 Å². The lowest BCUT2D eigenvalue weighted by Crippen LogP contribution is -1.98. The molecule has 0 aliphatic heterocycles. The molecular formula is C14H15NO. The van der Waals surface area contributed by atoms with Crippen LogP contribution in [-0.4, -0.2) is 5.11 Å². The molecule has 0 fully saturated rings. The zero-order valence-electron chi connectivity index (χ0n) is 9.27. The Morgan fingerprint density at radius 2 is 1.56 bits per heavy atom. The molecule has 0 amide bonds. The summed E-state index contributed by atoms with van der Waals surface area (Å²) in [6.07, 6.45) is 0. The van der Waals surface area contributed by atoms with Gasteiger partial charge in [-0.1, -0.05) is 29.8 Å². The van der Waals surface area contributed by atoms with Gasteiger partial charge in [0.05, 0.1) is 0 Å². The maximum Gasteiger partial charge on any atom is 0.115 e. The molecule has 2 aromatic rings. The van der Waals surface area contributed by atoms with Crippen molar-refractivity contribution < 1.29 is 5.11 Å². The molecule has 2 N–H and O–H groups in total. The summed E-state index contributed by atoms with van der Waals surface area (Å²) in [7, 11) is 0. The first-order valence-electron chi connectivity index (χ1n) is 5.32. The average Bonchev–Trinajstić information content (AvgIpc) is 2.30. The van der Waals surface area contributed by atoms with Gasteiger partial charge in [-0.15, -0.1) is 0 Å². The van der Waals surface area contributed by atoms with Crippen molar-refractivity contribution in [3.05, 3.63) is 59.7 Å². The Labute approximate surface area is 95.6 Å². The second kappa shape index (κ2) is 4.71. The number of rotatable bonds is 3. The van der Waals surface area contributed by atoms with Crippen LogP contribution in [0.5, 0.6) is 5.75 Å². The molecule has 0 unspecified atom stereocenters. The summed E-state index contributed by atoms with van der Waals surface area (Å²) in [4.78, 5) is 0. The van der Waals surface area contributed by atoms with Crippen molar-refractivity contribution in [2.24, 2.45) is 0 Å². The normalized spacial score (nSPS) is 10.1. The standard InChI is InChI=1S/C14H15NO/c1-11-2-6-13(7-3-11)15-10-12-4-8-14(16)9-5-12/h2-9,15-16H,10H2,1H3. The van der Waals surface area contributed by atoms with Gasteiger partial charge in [-0.25, -0.2) is 0 Å². The van der Waals surface area contributed by atoms with E-state index in [9.17, 15) is 0 Å². The molecule has 0 radical (unpaired) electrons. The summed E-state index contributed by atoms with van der Waals surface area (Å²) in [5, 5.41) is 12.5. The Morgan fingerprint density at radius 1 is 0.938 bits per heavy atom. The van der Waals surface area contributed by atoms with Crippen LogP contribution in [-0.2, 0) is 6.54 Å². The summed E-state index contributed by atoms with van der Waals surface area (Å²) in [5.41, 5.74) is 3.52. The van der Waals surface area contributed by atoms with E-state index in [1.807, 2.05) is 12.1 Å². The maximum atomic E-state index is 9.15. The molecule has 2 heteroatoms. The molecule has 2 nitrogen and oxygen atoms in total. The lowest BCUT2D eigenvalue weighted by atomic mass is 10.2. The Bertz CT molecular complexity index is 400. The van der Waals surface area contributed by atoms with Crippen molar-refractivity contribution in [3.63, 3.8) is 0 Å². The highest BCUT2D eigenvalue weighted by Crippen LogP contribution is 2.13. The highest BCUT2D eigenvalue weighted by atomic mass is 16.3. The van der Waals surface area contributed by atoms with Crippen molar-refractivity contribution in [2.75, 3.05) is 5.32 Å². The van der Waals surface area contributed by atoms with E-state index in [0.29, 0.717) is 5.75 Å². The predicted octanol–water partition coefficient (Wildman–Crippen LogP) is 3.31. The van der Waals surface area contributed by atoms with Crippen molar-refractivity contribution >= 4 is 5.69 Å². The van der Waals surface area contributed by atoms with E-state index in [1.165, 1.54) is 5.56 Å². The topological polar surface area (TPSA) is 32.3 Å². The minimum atomic E-state index is 0.305. The van der Waals surface area contributed by atoms with E-state index in [2.05, 4.69) is 36.5 Å². The van der Waals surface area contributed by atoms with Crippen LogP contribution < -0.4 is 5.32 Å². The van der Waals surface area contributed by atoms with Crippen LogP contribution in [0.4, 0.5) is 5.69 Å². The van der Waals surface area contributed by atoms with E-state index >= 15 is 0 Å². The number of hydrogen-bond acceptors (Lipinski definition) is 2. The van der Waals surface area contributed by atoms with Gasteiger partial charge in [-0.05, 0) is 36.8 Å². The SMILES string of the molecule is Cc1ccc(NCc2ccc(O)cc2)cc1. The van der Waals surface area contributed by atoms with Crippen LogP contribution in [0.1, 0.15) is 11.1 Å². The Kier molecular flexibility index (Phi) is 3.10. The molecule has 0 saturated heterocycles. The van der Waals surface area contributed by atoms with Gasteiger partial charge >= 0.3 is 0 Å². The first kappa shape index (κ1) is 10.6. The molecule has 0 bridgehead atoms. The number of benzene rings is 2. The molecular weight excluding hydrogens is 198 g/mol. The summed E-state index contributed by atoms with van der Waals surface area (Å²) < 4.78 is 0. The van der Waals surface area contributed by atoms with Gasteiger partial charge in [0.2, 0.25) is 0 Å². The minimum absolute atomic E-state index is 0.305. The Hall–Kier alpha value is -1.96. The number of nitrogens with one attached hydrogen (secondary N) is 1. The van der Waals surface area contributed by atoms with Crippen LogP contribution in [0.15, 0.2) is 48.5 Å². The van der Waals surface area contributed by atoms with Crippen LogP contribution in [0.2, 0.25) is 0 Å². The fourth-order valence-corrected chi connectivity index (χ4v) is 1.49. The van der Waals surface area contributed by atoms with Crippen molar-refractivity contribution in [3.8, 4) is 5.75 Å². The zero-order chi connectivity index (χ0) is 11.4. The lowest BCUT2D eigenvalue weighted by Gasteiger charge is -2.06. The second-order valence-electron chi connectivity index (χ2n) is 3.89. The summed E-state index contributed by atoms with van der Waals surface area (Å²) in [6, 6.07) is 15.5. The summed E-state index contributed by atoms with van der Waals surface area (Å²) in [5.74, 6) is 0.305. The number of aryl methyl sites for hydroxylation is 1. The highest BCUT2D eigenvalue weighted by molar-refractivity contribution is 5.45. The van der Waals surface area contributed by atoms with Gasteiger partial charge in [0.1, 0.15) is 5.75 Å². The summed E-state index contributed by atoms with van der Waals surface area (Å²) in [6.45, 7) is 2.84. The predicted molar refractivity (Wildman–Crippen MR) is 66.6 cm³/mol. The van der Waals surface area contributed by atoms with E-state index in [4.69, 9.17) is 5.11 Å². The molecule has 0 atom stereocenters. The number of phenolic OH excluding ortho intramolecular Hbond substituents is 1. The molecule has 2 rings (SSSR count). The number of anilines is 1.